The number of nitrogen functional groups attached to an aromatic ring is 1. The van der Waals surface area contributed by atoms with Crippen molar-refractivity contribution in [1.29, 1.82) is 0 Å². The van der Waals surface area contributed by atoms with Crippen molar-refractivity contribution in [3.63, 3.8) is 0 Å². The Morgan fingerprint density at radius 1 is 1.05 bits per heavy atom. The number of nitrogens with two attached hydrogens (primary N) is 1. The third-order valence-corrected chi connectivity index (χ3v) is 3.36. The van der Waals surface area contributed by atoms with E-state index < -0.39 is 0 Å². The maximum atomic E-state index is 5.89. The minimum absolute atomic E-state index is 0.737. The van der Waals surface area contributed by atoms with E-state index in [1.54, 1.807) is 0 Å². The first-order valence-electron chi connectivity index (χ1n) is 7.17. The molecule has 0 bridgehead atoms. The molecule has 2 heteroatoms. The highest BCUT2D eigenvalue weighted by molar-refractivity contribution is 5.44. The van der Waals surface area contributed by atoms with Crippen LogP contribution in [0, 0.1) is 12.8 Å². The molecule has 0 aliphatic rings. The summed E-state index contributed by atoms with van der Waals surface area (Å²) in [7, 11) is 0. The monoisotopic (exact) mass is 269 g/mol. The third-order valence-electron chi connectivity index (χ3n) is 3.36. The number of rotatable bonds is 5. The summed E-state index contributed by atoms with van der Waals surface area (Å²) in [5.41, 5.74) is 8.97. The first-order chi connectivity index (χ1) is 9.54. The molecular weight excluding hydrogens is 246 g/mol. The van der Waals surface area contributed by atoms with Crippen molar-refractivity contribution in [3.8, 4) is 11.5 Å². The fourth-order valence-electron chi connectivity index (χ4n) is 2.10. The van der Waals surface area contributed by atoms with Crippen LogP contribution in [0.4, 0.5) is 5.69 Å². The van der Waals surface area contributed by atoms with Crippen LogP contribution in [0.2, 0.25) is 0 Å². The molecule has 2 nitrogen and oxygen atoms in total. The number of aryl methyl sites for hydroxylation is 2. The summed E-state index contributed by atoms with van der Waals surface area (Å²) < 4.78 is 5.89. The van der Waals surface area contributed by atoms with E-state index in [1.165, 1.54) is 17.5 Å². The zero-order valence-corrected chi connectivity index (χ0v) is 12.5. The third kappa shape index (κ3) is 4.02. The number of anilines is 1. The Balaban J connectivity index is 2.07. The van der Waals surface area contributed by atoms with Crippen molar-refractivity contribution < 1.29 is 4.74 Å². The lowest BCUT2D eigenvalue weighted by molar-refractivity contribution is 0.478. The molecule has 0 atom stereocenters. The summed E-state index contributed by atoms with van der Waals surface area (Å²) in [6, 6.07) is 13.9. The first-order valence-corrected chi connectivity index (χ1v) is 7.17. The molecule has 0 amide bonds. The van der Waals surface area contributed by atoms with Crippen LogP contribution in [0.25, 0.3) is 0 Å². The minimum atomic E-state index is 0.737. The lowest BCUT2D eigenvalue weighted by Crippen LogP contribution is -1.94. The van der Waals surface area contributed by atoms with Gasteiger partial charge in [0.15, 0.2) is 0 Å². The molecule has 0 fully saturated rings. The molecule has 0 aromatic heterocycles. The molecule has 0 heterocycles. The molecule has 0 aliphatic carbocycles. The van der Waals surface area contributed by atoms with Crippen LogP contribution in [-0.2, 0) is 6.42 Å². The van der Waals surface area contributed by atoms with E-state index in [-0.39, 0.29) is 0 Å². The van der Waals surface area contributed by atoms with Gasteiger partial charge in [0, 0.05) is 5.69 Å². The molecule has 2 N–H and O–H groups in total. The van der Waals surface area contributed by atoms with Gasteiger partial charge in [-0.15, -0.1) is 0 Å². The van der Waals surface area contributed by atoms with E-state index in [0.717, 1.165) is 29.5 Å². The Kier molecular flexibility index (Phi) is 4.67. The standard InChI is InChI=1S/C18H23NO/c1-13(2)4-5-15-6-11-18(14(3)12-15)20-17-9-7-16(19)8-10-17/h6-13H,4-5,19H2,1-3H3. The Labute approximate surface area is 121 Å². The highest BCUT2D eigenvalue weighted by Crippen LogP contribution is 2.27. The van der Waals surface area contributed by atoms with Gasteiger partial charge in [-0.05, 0) is 67.1 Å². The summed E-state index contributed by atoms with van der Waals surface area (Å²) in [6.45, 7) is 6.60. The highest BCUT2D eigenvalue weighted by atomic mass is 16.5. The van der Waals surface area contributed by atoms with Crippen LogP contribution < -0.4 is 10.5 Å². The number of benzene rings is 2. The van der Waals surface area contributed by atoms with Crippen molar-refractivity contribution in [2.45, 2.75) is 33.6 Å². The Bertz CT molecular complexity index is 558. The largest absolute Gasteiger partial charge is 0.457 e. The predicted octanol–water partition coefficient (Wildman–Crippen LogP) is 4.96. The molecule has 20 heavy (non-hydrogen) atoms. The van der Waals surface area contributed by atoms with Gasteiger partial charge in [-0.3, -0.25) is 0 Å². The van der Waals surface area contributed by atoms with Gasteiger partial charge in [0.05, 0.1) is 0 Å². The van der Waals surface area contributed by atoms with E-state index in [9.17, 15) is 0 Å². The van der Waals surface area contributed by atoms with Crippen LogP contribution in [0.3, 0.4) is 0 Å². The second-order valence-electron chi connectivity index (χ2n) is 5.70. The molecule has 2 rings (SSSR count). The van der Waals surface area contributed by atoms with Crippen LogP contribution in [0.5, 0.6) is 11.5 Å². The Morgan fingerprint density at radius 3 is 2.35 bits per heavy atom. The number of hydrogen-bond donors (Lipinski definition) is 1. The van der Waals surface area contributed by atoms with Crippen LogP contribution in [0.1, 0.15) is 31.4 Å². The second-order valence-corrected chi connectivity index (χ2v) is 5.70. The smallest absolute Gasteiger partial charge is 0.130 e. The second kappa shape index (κ2) is 6.47. The van der Waals surface area contributed by atoms with Crippen LogP contribution in [0.15, 0.2) is 42.5 Å². The summed E-state index contributed by atoms with van der Waals surface area (Å²) >= 11 is 0. The van der Waals surface area contributed by atoms with Crippen LogP contribution in [-0.4, -0.2) is 0 Å². The summed E-state index contributed by atoms with van der Waals surface area (Å²) in [4.78, 5) is 0. The molecule has 0 saturated heterocycles. The molecule has 0 spiro atoms. The summed E-state index contributed by atoms with van der Waals surface area (Å²) in [5.74, 6) is 2.46. The van der Waals surface area contributed by atoms with Gasteiger partial charge in [0.1, 0.15) is 11.5 Å². The van der Waals surface area contributed by atoms with Crippen molar-refractivity contribution in [2.75, 3.05) is 5.73 Å². The summed E-state index contributed by atoms with van der Waals surface area (Å²) in [6.07, 6.45) is 2.35. The number of hydrogen-bond acceptors (Lipinski definition) is 2. The average molecular weight is 269 g/mol. The van der Waals surface area contributed by atoms with E-state index in [4.69, 9.17) is 10.5 Å². The van der Waals surface area contributed by atoms with Crippen LogP contribution >= 0.6 is 0 Å². The molecule has 0 unspecified atom stereocenters. The Hall–Kier alpha value is -1.96. The lowest BCUT2D eigenvalue weighted by Gasteiger charge is -2.11. The fourth-order valence-corrected chi connectivity index (χ4v) is 2.10. The van der Waals surface area contributed by atoms with E-state index >= 15 is 0 Å². The molecular formula is C18H23NO. The molecule has 2 aromatic rings. The zero-order chi connectivity index (χ0) is 14.5. The topological polar surface area (TPSA) is 35.2 Å². The maximum Gasteiger partial charge on any atom is 0.130 e. The fraction of sp³-hybridized carbons (Fsp3) is 0.333. The Morgan fingerprint density at radius 2 is 1.75 bits per heavy atom. The average Bonchev–Trinajstić information content (AvgIpc) is 2.41. The maximum absolute atomic E-state index is 5.89. The molecule has 0 radical (unpaired) electrons. The van der Waals surface area contributed by atoms with Crippen molar-refractivity contribution in [3.05, 3.63) is 53.6 Å². The first kappa shape index (κ1) is 14.4. The van der Waals surface area contributed by atoms with Gasteiger partial charge in [-0.25, -0.2) is 0 Å². The van der Waals surface area contributed by atoms with Crippen molar-refractivity contribution in [2.24, 2.45) is 5.92 Å². The van der Waals surface area contributed by atoms with Gasteiger partial charge in [0.2, 0.25) is 0 Å². The molecule has 0 saturated carbocycles. The van der Waals surface area contributed by atoms with E-state index in [0.29, 0.717) is 0 Å². The van der Waals surface area contributed by atoms with Gasteiger partial charge in [-0.2, -0.15) is 0 Å². The van der Waals surface area contributed by atoms with Gasteiger partial charge in [0.25, 0.3) is 0 Å². The van der Waals surface area contributed by atoms with Gasteiger partial charge >= 0.3 is 0 Å². The van der Waals surface area contributed by atoms with Crippen molar-refractivity contribution >= 4 is 5.69 Å². The molecule has 2 aromatic carbocycles. The SMILES string of the molecule is Cc1cc(CCC(C)C)ccc1Oc1ccc(N)cc1. The predicted molar refractivity (Wildman–Crippen MR) is 85.3 cm³/mol. The number of ether oxygens (including phenoxy) is 1. The minimum Gasteiger partial charge on any atom is -0.457 e. The quantitative estimate of drug-likeness (QED) is 0.779. The zero-order valence-electron chi connectivity index (χ0n) is 12.5. The highest BCUT2D eigenvalue weighted by Gasteiger charge is 2.04. The van der Waals surface area contributed by atoms with E-state index in [1.807, 2.05) is 24.3 Å². The normalized spacial score (nSPS) is 10.8. The molecule has 106 valence electrons. The van der Waals surface area contributed by atoms with Crippen molar-refractivity contribution in [1.82, 2.24) is 0 Å². The summed E-state index contributed by atoms with van der Waals surface area (Å²) in [5, 5.41) is 0. The van der Waals surface area contributed by atoms with Gasteiger partial charge < -0.3 is 10.5 Å². The molecule has 0 aliphatic heterocycles. The van der Waals surface area contributed by atoms with E-state index in [2.05, 4.69) is 39.0 Å². The lowest BCUT2D eigenvalue weighted by atomic mass is 10.0. The van der Waals surface area contributed by atoms with Gasteiger partial charge in [-0.1, -0.05) is 26.0 Å².